The van der Waals surface area contributed by atoms with Gasteiger partial charge in [0.1, 0.15) is 11.9 Å². The van der Waals surface area contributed by atoms with Crippen molar-refractivity contribution in [2.75, 3.05) is 13.6 Å². The van der Waals surface area contributed by atoms with E-state index in [1.807, 2.05) is 50.4 Å². The fraction of sp³-hybridized carbons (Fsp3) is 0.259. The molecule has 33 heavy (non-hydrogen) atoms. The molecular formula is C27H29N3O2S. The van der Waals surface area contributed by atoms with Crippen LogP contribution in [0.5, 0.6) is 5.75 Å². The van der Waals surface area contributed by atoms with Crippen LogP contribution in [-0.2, 0) is 13.1 Å². The molecule has 0 fully saturated rings. The molecule has 1 atom stereocenters. The Morgan fingerprint density at radius 3 is 2.58 bits per heavy atom. The van der Waals surface area contributed by atoms with E-state index >= 15 is 0 Å². The lowest BCUT2D eigenvalue weighted by Crippen LogP contribution is -2.33. The number of nitrogens with one attached hydrogen (secondary N) is 1. The third kappa shape index (κ3) is 6.40. The predicted molar refractivity (Wildman–Crippen MR) is 135 cm³/mol. The third-order valence-electron chi connectivity index (χ3n) is 5.35. The number of aromatic nitrogens is 1. The van der Waals surface area contributed by atoms with Gasteiger partial charge in [-0.15, -0.1) is 11.3 Å². The maximum absolute atomic E-state index is 12.2. The first-order chi connectivity index (χ1) is 16.0. The van der Waals surface area contributed by atoms with Crippen LogP contribution in [0.1, 0.15) is 32.6 Å². The van der Waals surface area contributed by atoms with Gasteiger partial charge in [0.05, 0.1) is 16.9 Å². The van der Waals surface area contributed by atoms with Crippen LogP contribution < -0.4 is 10.1 Å². The maximum Gasteiger partial charge on any atom is 0.261 e. The van der Waals surface area contributed by atoms with E-state index in [0.717, 1.165) is 34.1 Å². The van der Waals surface area contributed by atoms with E-state index in [-0.39, 0.29) is 12.0 Å². The minimum Gasteiger partial charge on any atom is -0.489 e. The molecule has 4 rings (SSSR count). The lowest BCUT2D eigenvalue weighted by molar-refractivity contribution is 0.0936. The summed E-state index contributed by atoms with van der Waals surface area (Å²) in [7, 11) is 2.12. The summed E-state index contributed by atoms with van der Waals surface area (Å²) in [6, 6.07) is 22.5. The number of benzene rings is 2. The summed E-state index contributed by atoms with van der Waals surface area (Å²) in [4.78, 5) is 20.7. The number of carbonyl (C=O) groups excluding carboxylic acids is 1. The van der Waals surface area contributed by atoms with Gasteiger partial charge in [-0.2, -0.15) is 0 Å². The Balaban J connectivity index is 1.25. The van der Waals surface area contributed by atoms with Crippen molar-refractivity contribution in [2.24, 2.45) is 0 Å². The Bertz CT molecular complexity index is 1220. The lowest BCUT2D eigenvalue weighted by Gasteiger charge is -2.18. The molecule has 0 bridgehead atoms. The molecular weight excluding hydrogens is 430 g/mol. The van der Waals surface area contributed by atoms with Gasteiger partial charge in [-0.05, 0) is 74.5 Å². The first kappa shape index (κ1) is 23.0. The van der Waals surface area contributed by atoms with Crippen molar-refractivity contribution in [1.82, 2.24) is 15.2 Å². The minimum atomic E-state index is -0.120. The molecule has 0 spiro atoms. The Labute approximate surface area is 199 Å². The van der Waals surface area contributed by atoms with E-state index in [1.165, 1.54) is 27.8 Å². The normalized spacial score (nSPS) is 12.1. The van der Waals surface area contributed by atoms with E-state index < -0.39 is 0 Å². The number of amides is 1. The average Bonchev–Trinajstić information content (AvgIpc) is 3.25. The molecule has 6 heteroatoms. The summed E-state index contributed by atoms with van der Waals surface area (Å²) in [6.45, 7) is 6.12. The summed E-state index contributed by atoms with van der Waals surface area (Å²) in [5, 5.41) is 4.11. The number of hydrogen-bond acceptors (Lipinski definition) is 5. The van der Waals surface area contributed by atoms with Crippen molar-refractivity contribution in [3.05, 3.63) is 93.8 Å². The molecule has 0 radical (unpaired) electrons. The quantitative estimate of drug-likeness (QED) is 0.362. The highest BCUT2D eigenvalue weighted by Gasteiger charge is 2.11. The number of ether oxygens (including phenoxy) is 1. The Hall–Kier alpha value is -3.22. The van der Waals surface area contributed by atoms with E-state index in [4.69, 9.17) is 4.74 Å². The van der Waals surface area contributed by atoms with Gasteiger partial charge < -0.3 is 10.1 Å². The number of aryl methyl sites for hydroxylation is 1. The standard InChI is InChI=1S/C27H29N3O2S/c1-19(16-29-27(31)26-13-6-20(2)33-26)32-24-10-7-21(8-11-24)17-30(3)18-22-9-12-25-23(15-22)5-4-14-28-25/h4-15,19H,16-18H2,1-3H3,(H,29,31)/t19-/m0/s1. The molecule has 0 saturated heterocycles. The molecule has 170 valence electrons. The van der Waals surface area contributed by atoms with Crippen LogP contribution in [0.15, 0.2) is 72.9 Å². The smallest absolute Gasteiger partial charge is 0.261 e. The average molecular weight is 460 g/mol. The Morgan fingerprint density at radius 1 is 1.06 bits per heavy atom. The van der Waals surface area contributed by atoms with Crippen molar-refractivity contribution in [3.63, 3.8) is 0 Å². The number of hydrogen-bond donors (Lipinski definition) is 1. The summed E-state index contributed by atoms with van der Waals surface area (Å²) >= 11 is 1.50. The van der Waals surface area contributed by atoms with E-state index in [0.29, 0.717) is 6.54 Å². The van der Waals surface area contributed by atoms with Gasteiger partial charge in [0.15, 0.2) is 0 Å². The molecule has 1 N–H and O–H groups in total. The van der Waals surface area contributed by atoms with Crippen LogP contribution in [0.25, 0.3) is 10.9 Å². The summed E-state index contributed by atoms with van der Waals surface area (Å²) in [5.41, 5.74) is 3.52. The highest BCUT2D eigenvalue weighted by Crippen LogP contribution is 2.18. The molecule has 2 aromatic carbocycles. The van der Waals surface area contributed by atoms with Gasteiger partial charge in [0, 0.05) is 29.5 Å². The molecule has 0 aliphatic rings. The van der Waals surface area contributed by atoms with Crippen molar-refractivity contribution in [2.45, 2.75) is 33.0 Å². The van der Waals surface area contributed by atoms with Crippen molar-refractivity contribution in [1.29, 1.82) is 0 Å². The summed E-state index contributed by atoms with van der Waals surface area (Å²) in [6.07, 6.45) is 1.70. The Kier molecular flexibility index (Phi) is 7.37. The van der Waals surface area contributed by atoms with Gasteiger partial charge >= 0.3 is 0 Å². The fourth-order valence-corrected chi connectivity index (χ4v) is 4.51. The van der Waals surface area contributed by atoms with Crippen molar-refractivity contribution < 1.29 is 9.53 Å². The number of thiophene rings is 1. The zero-order chi connectivity index (χ0) is 23.2. The third-order valence-corrected chi connectivity index (χ3v) is 6.35. The molecule has 0 aliphatic heterocycles. The molecule has 2 heterocycles. The van der Waals surface area contributed by atoms with Crippen molar-refractivity contribution >= 4 is 28.1 Å². The maximum atomic E-state index is 12.2. The number of rotatable bonds is 9. The second kappa shape index (κ2) is 10.6. The lowest BCUT2D eigenvalue weighted by atomic mass is 10.1. The van der Waals surface area contributed by atoms with Crippen LogP contribution in [0.2, 0.25) is 0 Å². The molecule has 4 aromatic rings. The molecule has 1 amide bonds. The van der Waals surface area contributed by atoms with Gasteiger partial charge in [0.25, 0.3) is 5.91 Å². The monoisotopic (exact) mass is 459 g/mol. The van der Waals surface area contributed by atoms with Gasteiger partial charge in [-0.1, -0.05) is 24.3 Å². The zero-order valence-corrected chi connectivity index (χ0v) is 20.1. The first-order valence-corrected chi connectivity index (χ1v) is 11.9. The van der Waals surface area contributed by atoms with Gasteiger partial charge in [-0.3, -0.25) is 14.7 Å². The summed E-state index contributed by atoms with van der Waals surface area (Å²) in [5.74, 6) is 0.752. The minimum absolute atomic E-state index is 0.0513. The molecule has 2 aromatic heterocycles. The fourth-order valence-electron chi connectivity index (χ4n) is 3.73. The van der Waals surface area contributed by atoms with Gasteiger partial charge in [-0.25, -0.2) is 0 Å². The van der Waals surface area contributed by atoms with Crippen LogP contribution in [0.3, 0.4) is 0 Å². The number of carbonyl (C=O) groups is 1. The second-order valence-corrected chi connectivity index (χ2v) is 9.68. The second-order valence-electron chi connectivity index (χ2n) is 8.40. The zero-order valence-electron chi connectivity index (χ0n) is 19.2. The highest BCUT2D eigenvalue weighted by molar-refractivity contribution is 7.13. The highest BCUT2D eigenvalue weighted by atomic mass is 32.1. The molecule has 0 saturated carbocycles. The first-order valence-electron chi connectivity index (χ1n) is 11.1. The van der Waals surface area contributed by atoms with Crippen LogP contribution >= 0.6 is 11.3 Å². The summed E-state index contributed by atoms with van der Waals surface area (Å²) < 4.78 is 5.97. The molecule has 0 aliphatic carbocycles. The van der Waals surface area contributed by atoms with E-state index in [9.17, 15) is 4.79 Å². The SMILES string of the molecule is Cc1ccc(C(=O)NC[C@H](C)Oc2ccc(CN(C)Cc3ccc4ncccc4c3)cc2)s1. The van der Waals surface area contributed by atoms with Crippen LogP contribution in [-0.4, -0.2) is 35.5 Å². The van der Waals surface area contributed by atoms with E-state index in [2.05, 4.69) is 58.6 Å². The van der Waals surface area contributed by atoms with Gasteiger partial charge in [0.2, 0.25) is 0 Å². The number of nitrogens with zero attached hydrogens (tertiary/aromatic N) is 2. The number of pyridine rings is 1. The molecule has 5 nitrogen and oxygen atoms in total. The topological polar surface area (TPSA) is 54.5 Å². The van der Waals surface area contributed by atoms with Crippen LogP contribution in [0, 0.1) is 6.92 Å². The Morgan fingerprint density at radius 2 is 1.82 bits per heavy atom. The predicted octanol–water partition coefficient (Wildman–Crippen LogP) is 5.43. The van der Waals surface area contributed by atoms with E-state index in [1.54, 1.807) is 0 Å². The van der Waals surface area contributed by atoms with Crippen molar-refractivity contribution in [3.8, 4) is 5.75 Å². The molecule has 0 unspecified atom stereocenters. The van der Waals surface area contributed by atoms with Crippen LogP contribution in [0.4, 0.5) is 0 Å². The largest absolute Gasteiger partial charge is 0.489 e. The number of fused-ring (bicyclic) bond motifs is 1.